The summed E-state index contributed by atoms with van der Waals surface area (Å²) in [5.41, 5.74) is 0.429. The van der Waals surface area contributed by atoms with Gasteiger partial charge in [-0.25, -0.2) is 0 Å². The van der Waals surface area contributed by atoms with Crippen LogP contribution in [0.15, 0.2) is 22.7 Å². The maximum absolute atomic E-state index is 9.75. The predicted octanol–water partition coefficient (Wildman–Crippen LogP) is 1.14. The van der Waals surface area contributed by atoms with Gasteiger partial charge in [-0.2, -0.15) is 15.0 Å². The fraction of sp³-hybridized carbons (Fsp3) is 0.250. The van der Waals surface area contributed by atoms with Crippen LogP contribution >= 0.6 is 11.6 Å². The third kappa shape index (κ3) is 1.64. The molecule has 0 saturated heterocycles. The van der Waals surface area contributed by atoms with Crippen LogP contribution in [-0.4, -0.2) is 20.1 Å². The van der Waals surface area contributed by atoms with Gasteiger partial charge in [0.15, 0.2) is 11.3 Å². The van der Waals surface area contributed by atoms with Crippen molar-refractivity contribution in [2.24, 2.45) is 7.05 Å². The number of hydrogen-bond donors (Lipinski definition) is 1. The second-order valence-corrected chi connectivity index (χ2v) is 3.18. The third-order valence-corrected chi connectivity index (χ3v) is 1.96. The van der Waals surface area contributed by atoms with Crippen LogP contribution < -0.4 is 0 Å². The summed E-state index contributed by atoms with van der Waals surface area (Å²) in [6.45, 7) is 0. The number of rotatable bonds is 2. The molecule has 0 aliphatic heterocycles. The van der Waals surface area contributed by atoms with Crippen molar-refractivity contribution in [1.82, 2.24) is 15.0 Å². The molecule has 0 radical (unpaired) electrons. The molecule has 2 aromatic rings. The number of halogens is 1. The summed E-state index contributed by atoms with van der Waals surface area (Å²) in [4.78, 5) is 1.36. The van der Waals surface area contributed by atoms with Crippen molar-refractivity contribution in [3.8, 4) is 0 Å². The van der Waals surface area contributed by atoms with Gasteiger partial charge in [-0.1, -0.05) is 0 Å². The van der Waals surface area contributed by atoms with E-state index >= 15 is 0 Å². The summed E-state index contributed by atoms with van der Waals surface area (Å²) in [5.74, 6) is 0.357. The number of nitrogens with zero attached hydrogens (tertiary/aromatic N) is 3. The predicted molar refractivity (Wildman–Crippen MR) is 48.8 cm³/mol. The minimum atomic E-state index is -0.920. The second-order valence-electron chi connectivity index (χ2n) is 2.80. The minimum absolute atomic E-state index is 0.239. The highest BCUT2D eigenvalue weighted by molar-refractivity contribution is 6.28. The molecule has 0 fully saturated rings. The molecule has 0 bridgehead atoms. The maximum Gasteiger partial charge on any atom is 0.193 e. The minimum Gasteiger partial charge on any atom is -0.447 e. The van der Waals surface area contributed by atoms with Gasteiger partial charge in [-0.15, -0.1) is 0 Å². The number of aromatic nitrogens is 3. The molecule has 5 nitrogen and oxygen atoms in total. The van der Waals surface area contributed by atoms with Gasteiger partial charge in [0, 0.05) is 7.05 Å². The highest BCUT2D eigenvalue weighted by Gasteiger charge is 2.17. The topological polar surface area (TPSA) is 64.1 Å². The summed E-state index contributed by atoms with van der Waals surface area (Å²) >= 11 is 5.58. The lowest BCUT2D eigenvalue weighted by molar-refractivity contribution is 0.184. The van der Waals surface area contributed by atoms with Crippen LogP contribution in [0.3, 0.4) is 0 Å². The Morgan fingerprint density at radius 2 is 2.36 bits per heavy atom. The van der Waals surface area contributed by atoms with E-state index in [2.05, 4.69) is 10.2 Å². The van der Waals surface area contributed by atoms with E-state index in [0.29, 0.717) is 11.5 Å². The molecule has 1 unspecified atom stereocenters. The monoisotopic (exact) mass is 213 g/mol. The Morgan fingerprint density at radius 3 is 2.86 bits per heavy atom. The molecule has 6 heteroatoms. The number of aryl methyl sites for hydroxylation is 1. The Labute approximate surface area is 84.9 Å². The van der Waals surface area contributed by atoms with Crippen LogP contribution in [0.1, 0.15) is 17.6 Å². The zero-order valence-corrected chi connectivity index (χ0v) is 8.14. The Kier molecular flexibility index (Phi) is 2.26. The molecule has 0 spiro atoms. The zero-order valence-electron chi connectivity index (χ0n) is 7.38. The fourth-order valence-corrected chi connectivity index (χ4v) is 1.26. The molecule has 0 aliphatic carbocycles. The highest BCUT2D eigenvalue weighted by atomic mass is 35.5. The van der Waals surface area contributed by atoms with E-state index in [9.17, 15) is 5.11 Å². The van der Waals surface area contributed by atoms with Crippen LogP contribution in [0.25, 0.3) is 0 Å². The molecule has 2 rings (SSSR count). The largest absolute Gasteiger partial charge is 0.447 e. The molecular formula is C8H8ClN3O2. The van der Waals surface area contributed by atoms with Crippen LogP contribution in [-0.2, 0) is 7.05 Å². The van der Waals surface area contributed by atoms with Crippen molar-refractivity contribution in [1.29, 1.82) is 0 Å². The highest BCUT2D eigenvalue weighted by Crippen LogP contribution is 2.23. The summed E-state index contributed by atoms with van der Waals surface area (Å²) in [6.07, 6.45) is 0.553. The first kappa shape index (κ1) is 9.23. The van der Waals surface area contributed by atoms with Gasteiger partial charge in [-0.05, 0) is 23.7 Å². The van der Waals surface area contributed by atoms with Gasteiger partial charge in [-0.3, -0.25) is 0 Å². The molecule has 2 heterocycles. The lowest BCUT2D eigenvalue weighted by Gasteiger charge is -2.01. The van der Waals surface area contributed by atoms with Gasteiger partial charge in [0.1, 0.15) is 11.5 Å². The van der Waals surface area contributed by atoms with E-state index in [4.69, 9.17) is 16.0 Å². The fourth-order valence-electron chi connectivity index (χ4n) is 1.11. The third-order valence-electron chi connectivity index (χ3n) is 1.76. The van der Waals surface area contributed by atoms with Crippen molar-refractivity contribution < 1.29 is 9.52 Å². The number of aliphatic hydroxyl groups is 1. The summed E-state index contributed by atoms with van der Waals surface area (Å²) in [7, 11) is 1.67. The first-order valence-electron chi connectivity index (χ1n) is 3.96. The molecule has 0 aromatic carbocycles. The first-order valence-corrected chi connectivity index (χ1v) is 4.34. The van der Waals surface area contributed by atoms with Crippen LogP contribution in [0.5, 0.6) is 0 Å². The van der Waals surface area contributed by atoms with E-state index in [1.54, 1.807) is 19.2 Å². The lowest BCUT2D eigenvalue weighted by Crippen LogP contribution is -2.00. The summed E-state index contributed by atoms with van der Waals surface area (Å²) in [6, 6.07) is 3.16. The zero-order chi connectivity index (χ0) is 10.1. The SMILES string of the molecule is Cn1ncc(C(O)c2ccc(Cl)o2)n1. The van der Waals surface area contributed by atoms with Crippen molar-refractivity contribution in [2.75, 3.05) is 0 Å². The molecule has 14 heavy (non-hydrogen) atoms. The van der Waals surface area contributed by atoms with E-state index in [-0.39, 0.29) is 5.22 Å². The second kappa shape index (κ2) is 3.43. The summed E-state index contributed by atoms with van der Waals surface area (Å²) < 4.78 is 5.05. The Hall–Kier alpha value is -1.33. The van der Waals surface area contributed by atoms with Crippen LogP contribution in [0, 0.1) is 0 Å². The van der Waals surface area contributed by atoms with Gasteiger partial charge >= 0.3 is 0 Å². The number of aliphatic hydroxyl groups excluding tert-OH is 1. The Morgan fingerprint density at radius 1 is 1.57 bits per heavy atom. The lowest BCUT2D eigenvalue weighted by atomic mass is 10.2. The average Bonchev–Trinajstić information content (AvgIpc) is 2.73. The molecule has 0 aliphatic rings. The molecule has 0 amide bonds. The van der Waals surface area contributed by atoms with Gasteiger partial charge < -0.3 is 9.52 Å². The van der Waals surface area contributed by atoms with Crippen molar-refractivity contribution >= 4 is 11.6 Å². The first-order chi connectivity index (χ1) is 6.66. The molecule has 0 saturated carbocycles. The van der Waals surface area contributed by atoms with Crippen LogP contribution in [0.2, 0.25) is 5.22 Å². The quantitative estimate of drug-likeness (QED) is 0.813. The maximum atomic E-state index is 9.75. The van der Waals surface area contributed by atoms with Gasteiger partial charge in [0.05, 0.1) is 6.20 Å². The Balaban J connectivity index is 2.28. The standard InChI is InChI=1S/C8H8ClN3O2/c1-12-10-4-5(11-12)8(13)6-2-3-7(9)14-6/h2-4,8,13H,1H3. The summed E-state index contributed by atoms with van der Waals surface area (Å²) in [5, 5.41) is 17.8. The van der Waals surface area contributed by atoms with E-state index in [1.165, 1.54) is 11.0 Å². The van der Waals surface area contributed by atoms with Crippen molar-refractivity contribution in [3.05, 3.63) is 35.0 Å². The van der Waals surface area contributed by atoms with Crippen molar-refractivity contribution in [2.45, 2.75) is 6.10 Å². The van der Waals surface area contributed by atoms with E-state index in [1.807, 2.05) is 0 Å². The van der Waals surface area contributed by atoms with Gasteiger partial charge in [0.2, 0.25) is 0 Å². The Bertz CT molecular complexity index is 397. The van der Waals surface area contributed by atoms with E-state index < -0.39 is 6.10 Å². The van der Waals surface area contributed by atoms with Gasteiger partial charge in [0.25, 0.3) is 0 Å². The van der Waals surface area contributed by atoms with Crippen molar-refractivity contribution in [3.63, 3.8) is 0 Å². The molecule has 1 atom stereocenters. The average molecular weight is 214 g/mol. The molecule has 74 valence electrons. The number of furan rings is 1. The smallest absolute Gasteiger partial charge is 0.193 e. The molecular weight excluding hydrogens is 206 g/mol. The molecule has 2 aromatic heterocycles. The van der Waals surface area contributed by atoms with E-state index in [0.717, 1.165) is 0 Å². The normalized spacial score (nSPS) is 13.1. The van der Waals surface area contributed by atoms with Crippen LogP contribution in [0.4, 0.5) is 0 Å². The molecule has 1 N–H and O–H groups in total. The number of hydrogen-bond acceptors (Lipinski definition) is 4.